The maximum atomic E-state index is 12.2. The van der Waals surface area contributed by atoms with Gasteiger partial charge in [-0.1, -0.05) is 6.07 Å². The number of fused-ring (bicyclic) bond motifs is 1. The smallest absolute Gasteiger partial charge is 0.251 e. The highest BCUT2D eigenvalue weighted by atomic mass is 16.5. The summed E-state index contributed by atoms with van der Waals surface area (Å²) in [6, 6.07) is 5.58. The molecule has 0 saturated heterocycles. The van der Waals surface area contributed by atoms with Gasteiger partial charge in [-0.15, -0.1) is 0 Å². The zero-order valence-electron chi connectivity index (χ0n) is 11.9. The Morgan fingerprint density at radius 1 is 1.21 bits per heavy atom. The number of aliphatic hydroxyl groups is 1. The minimum atomic E-state index is -0.998. The van der Waals surface area contributed by atoms with Crippen molar-refractivity contribution in [2.45, 2.75) is 52.0 Å². The molecule has 1 aromatic rings. The summed E-state index contributed by atoms with van der Waals surface area (Å²) in [7, 11) is 0. The first-order valence-electron chi connectivity index (χ1n) is 6.45. The highest BCUT2D eigenvalue weighted by Crippen LogP contribution is 2.23. The molecule has 2 N–H and O–H groups in total. The highest BCUT2D eigenvalue weighted by molar-refractivity contribution is 5.95. The van der Waals surface area contributed by atoms with E-state index in [1.54, 1.807) is 33.8 Å². The van der Waals surface area contributed by atoms with Crippen LogP contribution in [0.1, 0.15) is 49.2 Å². The van der Waals surface area contributed by atoms with Crippen molar-refractivity contribution in [3.05, 3.63) is 34.9 Å². The fraction of sp³-hybridized carbons (Fsp3) is 0.533. The van der Waals surface area contributed by atoms with Gasteiger partial charge in [-0.25, -0.2) is 0 Å². The molecule has 1 aliphatic rings. The van der Waals surface area contributed by atoms with Gasteiger partial charge in [0.2, 0.25) is 0 Å². The molecule has 0 spiro atoms. The average Bonchev–Trinajstić information content (AvgIpc) is 2.73. The molecule has 1 aromatic carbocycles. The molecule has 0 fully saturated rings. The summed E-state index contributed by atoms with van der Waals surface area (Å²) in [5.74, 6) is -0.179. The highest BCUT2D eigenvalue weighted by Gasteiger charge is 2.36. The van der Waals surface area contributed by atoms with Crippen molar-refractivity contribution < 1.29 is 14.6 Å². The SMILES string of the molecule is CC(C)(O)C(C)(C)NC(=O)c1ccc2c(c1)COC2. The molecular weight excluding hydrogens is 242 g/mol. The van der Waals surface area contributed by atoms with E-state index < -0.39 is 11.1 Å². The maximum Gasteiger partial charge on any atom is 0.251 e. The van der Waals surface area contributed by atoms with Crippen molar-refractivity contribution in [3.8, 4) is 0 Å². The van der Waals surface area contributed by atoms with Gasteiger partial charge in [0, 0.05) is 5.56 Å². The Labute approximate surface area is 113 Å². The Bertz CT molecular complexity index is 501. The predicted octanol–water partition coefficient (Wildman–Crippen LogP) is 2.00. The largest absolute Gasteiger partial charge is 0.388 e. The molecular formula is C15H21NO3. The van der Waals surface area contributed by atoms with Crippen LogP contribution in [0.4, 0.5) is 0 Å². The second-order valence-electron chi connectivity index (χ2n) is 6.11. The summed E-state index contributed by atoms with van der Waals surface area (Å²) >= 11 is 0. The van der Waals surface area contributed by atoms with Crippen LogP contribution in [0.15, 0.2) is 18.2 Å². The van der Waals surface area contributed by atoms with Gasteiger partial charge in [0.15, 0.2) is 0 Å². The lowest BCUT2D eigenvalue weighted by Gasteiger charge is -2.38. The van der Waals surface area contributed by atoms with Crippen molar-refractivity contribution in [3.63, 3.8) is 0 Å². The van der Waals surface area contributed by atoms with Crippen molar-refractivity contribution in [2.24, 2.45) is 0 Å². The van der Waals surface area contributed by atoms with E-state index in [9.17, 15) is 9.90 Å². The van der Waals surface area contributed by atoms with Crippen LogP contribution in [-0.2, 0) is 18.0 Å². The van der Waals surface area contributed by atoms with Crippen LogP contribution < -0.4 is 5.32 Å². The normalized spacial score (nSPS) is 15.2. The number of hydrogen-bond donors (Lipinski definition) is 2. The minimum absolute atomic E-state index is 0.179. The first-order chi connectivity index (χ1) is 8.71. The van der Waals surface area contributed by atoms with E-state index in [1.165, 1.54) is 0 Å². The van der Waals surface area contributed by atoms with Gasteiger partial charge in [0.1, 0.15) is 0 Å². The molecule has 19 heavy (non-hydrogen) atoms. The second-order valence-corrected chi connectivity index (χ2v) is 6.11. The van der Waals surface area contributed by atoms with E-state index in [4.69, 9.17) is 4.74 Å². The Morgan fingerprint density at radius 3 is 2.47 bits per heavy atom. The summed E-state index contributed by atoms with van der Waals surface area (Å²) in [6.45, 7) is 8.16. The number of hydrogen-bond acceptors (Lipinski definition) is 3. The van der Waals surface area contributed by atoms with Crippen molar-refractivity contribution in [2.75, 3.05) is 0 Å². The Hall–Kier alpha value is -1.39. The van der Waals surface area contributed by atoms with E-state index in [1.807, 2.05) is 12.1 Å². The molecule has 0 bridgehead atoms. The third kappa shape index (κ3) is 2.80. The topological polar surface area (TPSA) is 58.6 Å². The number of ether oxygens (including phenoxy) is 1. The van der Waals surface area contributed by atoms with E-state index in [0.717, 1.165) is 11.1 Å². The summed E-state index contributed by atoms with van der Waals surface area (Å²) in [5.41, 5.74) is 1.09. The monoisotopic (exact) mass is 263 g/mol. The molecule has 0 radical (unpaired) electrons. The number of carbonyl (C=O) groups is 1. The molecule has 4 nitrogen and oxygen atoms in total. The summed E-state index contributed by atoms with van der Waals surface area (Å²) in [5, 5.41) is 12.9. The maximum absolute atomic E-state index is 12.2. The lowest BCUT2D eigenvalue weighted by Crippen LogP contribution is -2.57. The zero-order chi connectivity index (χ0) is 14.3. The van der Waals surface area contributed by atoms with Crippen LogP contribution in [0.25, 0.3) is 0 Å². The lowest BCUT2D eigenvalue weighted by molar-refractivity contribution is -0.00293. The predicted molar refractivity (Wildman–Crippen MR) is 72.8 cm³/mol. The third-order valence-electron chi connectivity index (χ3n) is 3.94. The first-order valence-corrected chi connectivity index (χ1v) is 6.45. The molecule has 1 heterocycles. The first kappa shape index (κ1) is 14.0. The van der Waals surface area contributed by atoms with Crippen LogP contribution >= 0.6 is 0 Å². The van der Waals surface area contributed by atoms with Gasteiger partial charge in [-0.2, -0.15) is 0 Å². The van der Waals surface area contributed by atoms with Crippen LogP contribution in [-0.4, -0.2) is 22.2 Å². The second kappa shape index (κ2) is 4.62. The summed E-state index contributed by atoms with van der Waals surface area (Å²) in [4.78, 5) is 12.2. The van der Waals surface area contributed by atoms with E-state index in [-0.39, 0.29) is 5.91 Å². The summed E-state index contributed by atoms with van der Waals surface area (Å²) < 4.78 is 5.33. The molecule has 0 atom stereocenters. The van der Waals surface area contributed by atoms with Gasteiger partial charge in [0.05, 0.1) is 24.4 Å². The standard InChI is InChI=1S/C15H21NO3/c1-14(2,15(3,4)18)16-13(17)10-5-6-11-8-19-9-12(11)7-10/h5-7,18H,8-9H2,1-4H3,(H,16,17). The molecule has 0 unspecified atom stereocenters. The third-order valence-corrected chi connectivity index (χ3v) is 3.94. The lowest BCUT2D eigenvalue weighted by atomic mass is 9.85. The number of benzene rings is 1. The molecule has 0 saturated carbocycles. The Balaban J connectivity index is 2.17. The van der Waals surface area contributed by atoms with Crippen LogP contribution in [0.5, 0.6) is 0 Å². The number of rotatable bonds is 3. The quantitative estimate of drug-likeness (QED) is 0.877. The van der Waals surface area contributed by atoms with E-state index in [0.29, 0.717) is 18.8 Å². The molecule has 4 heteroatoms. The van der Waals surface area contributed by atoms with E-state index >= 15 is 0 Å². The fourth-order valence-electron chi connectivity index (χ4n) is 1.82. The molecule has 0 aromatic heterocycles. The zero-order valence-corrected chi connectivity index (χ0v) is 11.9. The molecule has 104 valence electrons. The van der Waals surface area contributed by atoms with Crippen molar-refractivity contribution in [1.82, 2.24) is 5.32 Å². The number of carbonyl (C=O) groups excluding carboxylic acids is 1. The Kier molecular flexibility index (Phi) is 3.41. The van der Waals surface area contributed by atoms with Crippen LogP contribution in [0.2, 0.25) is 0 Å². The van der Waals surface area contributed by atoms with Crippen LogP contribution in [0.3, 0.4) is 0 Å². The number of amides is 1. The van der Waals surface area contributed by atoms with Crippen molar-refractivity contribution in [1.29, 1.82) is 0 Å². The van der Waals surface area contributed by atoms with Gasteiger partial charge >= 0.3 is 0 Å². The minimum Gasteiger partial charge on any atom is -0.388 e. The molecule has 1 aliphatic heterocycles. The summed E-state index contributed by atoms with van der Waals surface area (Å²) in [6.07, 6.45) is 0. The molecule has 2 rings (SSSR count). The molecule has 1 amide bonds. The van der Waals surface area contributed by atoms with Gasteiger partial charge < -0.3 is 15.2 Å². The fourth-order valence-corrected chi connectivity index (χ4v) is 1.82. The molecule has 0 aliphatic carbocycles. The van der Waals surface area contributed by atoms with E-state index in [2.05, 4.69) is 5.32 Å². The van der Waals surface area contributed by atoms with Gasteiger partial charge in [-0.3, -0.25) is 4.79 Å². The van der Waals surface area contributed by atoms with Gasteiger partial charge in [-0.05, 0) is 51.0 Å². The van der Waals surface area contributed by atoms with Gasteiger partial charge in [0.25, 0.3) is 5.91 Å². The van der Waals surface area contributed by atoms with Crippen LogP contribution in [0, 0.1) is 0 Å². The van der Waals surface area contributed by atoms with Crippen molar-refractivity contribution >= 4 is 5.91 Å². The average molecular weight is 263 g/mol. The Morgan fingerprint density at radius 2 is 1.84 bits per heavy atom. The number of nitrogens with one attached hydrogen (secondary N) is 1.